The van der Waals surface area contributed by atoms with Gasteiger partial charge in [-0.2, -0.15) is 5.10 Å². The fraction of sp³-hybridized carbons (Fsp3) is 0.217. The number of hydrogen-bond donors (Lipinski definition) is 1. The van der Waals surface area contributed by atoms with Crippen LogP contribution in [0.1, 0.15) is 25.0 Å². The van der Waals surface area contributed by atoms with Crippen molar-refractivity contribution in [3.8, 4) is 11.5 Å². The highest BCUT2D eigenvalue weighted by molar-refractivity contribution is 6.02. The van der Waals surface area contributed by atoms with Crippen molar-refractivity contribution in [2.24, 2.45) is 5.10 Å². The van der Waals surface area contributed by atoms with Crippen LogP contribution in [0, 0.1) is 0 Å². The molecule has 0 aliphatic rings. The smallest absolute Gasteiger partial charge is 0.277 e. The number of nitrogens with zero attached hydrogens (tertiary/aromatic N) is 1. The maximum Gasteiger partial charge on any atom is 0.277 e. The summed E-state index contributed by atoms with van der Waals surface area (Å²) in [6, 6.07) is 19.6. The van der Waals surface area contributed by atoms with Gasteiger partial charge >= 0.3 is 0 Å². The van der Waals surface area contributed by atoms with Gasteiger partial charge in [-0.15, -0.1) is 0 Å². The van der Waals surface area contributed by atoms with Crippen LogP contribution >= 0.6 is 0 Å². The van der Waals surface area contributed by atoms with Gasteiger partial charge in [-0.3, -0.25) is 4.79 Å². The number of rotatable bonds is 8. The standard InChI is InChI=1S/C23H24N2O3/c1-3-17-9-6-8-12-21(17)28-16-23(26)25-24-15-20-19-11-7-5-10-18(19)13-14-22(20)27-4-2/h5-15H,3-4,16H2,1-2H3,(H,25,26)/b24-15+. The summed E-state index contributed by atoms with van der Waals surface area (Å²) in [5.74, 6) is 1.13. The molecule has 0 unspecified atom stereocenters. The molecule has 0 aromatic heterocycles. The topological polar surface area (TPSA) is 59.9 Å². The zero-order chi connectivity index (χ0) is 19.8. The van der Waals surface area contributed by atoms with Crippen LogP contribution < -0.4 is 14.9 Å². The minimum absolute atomic E-state index is 0.0950. The van der Waals surface area contributed by atoms with Crippen molar-refractivity contribution in [1.82, 2.24) is 5.43 Å². The molecule has 0 aliphatic heterocycles. The predicted octanol–water partition coefficient (Wildman–Crippen LogP) is 4.33. The first-order valence-electron chi connectivity index (χ1n) is 9.40. The number of aryl methyl sites for hydroxylation is 1. The first kappa shape index (κ1) is 19.4. The Labute approximate surface area is 165 Å². The van der Waals surface area contributed by atoms with Gasteiger partial charge in [0.1, 0.15) is 11.5 Å². The van der Waals surface area contributed by atoms with Crippen LogP contribution in [-0.2, 0) is 11.2 Å². The van der Waals surface area contributed by atoms with E-state index in [2.05, 4.69) is 10.5 Å². The molecule has 28 heavy (non-hydrogen) atoms. The Hall–Kier alpha value is -3.34. The molecule has 0 aliphatic carbocycles. The number of para-hydroxylation sites is 1. The average molecular weight is 376 g/mol. The van der Waals surface area contributed by atoms with Crippen LogP contribution in [0.3, 0.4) is 0 Å². The highest BCUT2D eigenvalue weighted by Crippen LogP contribution is 2.26. The summed E-state index contributed by atoms with van der Waals surface area (Å²) >= 11 is 0. The van der Waals surface area contributed by atoms with Gasteiger partial charge in [0.25, 0.3) is 5.91 Å². The molecular formula is C23H24N2O3. The lowest BCUT2D eigenvalue weighted by Crippen LogP contribution is -2.24. The molecule has 1 amide bonds. The van der Waals surface area contributed by atoms with E-state index in [4.69, 9.17) is 9.47 Å². The molecule has 0 atom stereocenters. The molecule has 144 valence electrons. The Balaban J connectivity index is 1.68. The van der Waals surface area contributed by atoms with Crippen molar-refractivity contribution >= 4 is 22.9 Å². The summed E-state index contributed by atoms with van der Waals surface area (Å²) in [5.41, 5.74) is 4.42. The summed E-state index contributed by atoms with van der Waals surface area (Å²) in [6.45, 7) is 4.44. The molecule has 0 bridgehead atoms. The van der Waals surface area contributed by atoms with Crippen LogP contribution in [0.25, 0.3) is 10.8 Å². The largest absolute Gasteiger partial charge is 0.493 e. The Morgan fingerprint density at radius 1 is 0.964 bits per heavy atom. The van der Waals surface area contributed by atoms with Crippen LogP contribution in [-0.4, -0.2) is 25.3 Å². The summed E-state index contributed by atoms with van der Waals surface area (Å²) in [6.07, 6.45) is 2.46. The van der Waals surface area contributed by atoms with E-state index in [1.165, 1.54) is 0 Å². The Kier molecular flexibility index (Phi) is 6.63. The number of hydrazone groups is 1. The van der Waals surface area contributed by atoms with Gasteiger partial charge in [0.05, 0.1) is 12.8 Å². The lowest BCUT2D eigenvalue weighted by molar-refractivity contribution is -0.123. The molecular weight excluding hydrogens is 352 g/mol. The number of nitrogens with one attached hydrogen (secondary N) is 1. The molecule has 5 nitrogen and oxygen atoms in total. The molecule has 0 fully saturated rings. The van der Waals surface area contributed by atoms with Gasteiger partial charge in [0.15, 0.2) is 6.61 Å². The van der Waals surface area contributed by atoms with Crippen molar-refractivity contribution in [1.29, 1.82) is 0 Å². The Morgan fingerprint density at radius 3 is 2.57 bits per heavy atom. The molecule has 5 heteroatoms. The van der Waals surface area contributed by atoms with Gasteiger partial charge < -0.3 is 9.47 Å². The first-order chi connectivity index (χ1) is 13.7. The van der Waals surface area contributed by atoms with Crippen LogP contribution in [0.5, 0.6) is 11.5 Å². The van der Waals surface area contributed by atoms with Crippen LogP contribution in [0.2, 0.25) is 0 Å². The maximum absolute atomic E-state index is 12.1. The normalized spacial score (nSPS) is 10.9. The van der Waals surface area contributed by atoms with Crippen molar-refractivity contribution in [3.05, 3.63) is 71.8 Å². The quantitative estimate of drug-likeness (QED) is 0.470. The first-order valence-corrected chi connectivity index (χ1v) is 9.40. The Morgan fingerprint density at radius 2 is 1.75 bits per heavy atom. The van der Waals surface area contributed by atoms with Crippen molar-refractivity contribution in [2.75, 3.05) is 13.2 Å². The molecule has 3 aromatic carbocycles. The van der Waals surface area contributed by atoms with E-state index in [0.717, 1.165) is 39.8 Å². The number of carbonyl (C=O) groups excluding carboxylic acids is 1. The molecule has 1 N–H and O–H groups in total. The number of hydrogen-bond acceptors (Lipinski definition) is 4. The van der Waals surface area contributed by atoms with E-state index >= 15 is 0 Å². The van der Waals surface area contributed by atoms with Crippen LogP contribution in [0.15, 0.2) is 65.8 Å². The van der Waals surface area contributed by atoms with E-state index in [0.29, 0.717) is 6.61 Å². The van der Waals surface area contributed by atoms with E-state index in [1.807, 2.05) is 74.5 Å². The Bertz CT molecular complexity index is 982. The minimum atomic E-state index is -0.319. The molecule has 0 spiro atoms. The maximum atomic E-state index is 12.1. The fourth-order valence-electron chi connectivity index (χ4n) is 2.97. The summed E-state index contributed by atoms with van der Waals surface area (Å²) in [7, 11) is 0. The van der Waals surface area contributed by atoms with E-state index < -0.39 is 0 Å². The van der Waals surface area contributed by atoms with Gasteiger partial charge in [-0.1, -0.05) is 55.5 Å². The molecule has 0 saturated carbocycles. The molecule has 0 heterocycles. The molecule has 3 rings (SSSR count). The van der Waals surface area contributed by atoms with Crippen molar-refractivity contribution in [3.63, 3.8) is 0 Å². The zero-order valence-corrected chi connectivity index (χ0v) is 16.1. The molecule has 0 saturated heterocycles. The second-order valence-corrected chi connectivity index (χ2v) is 6.17. The highest BCUT2D eigenvalue weighted by atomic mass is 16.5. The summed E-state index contributed by atoms with van der Waals surface area (Å²) < 4.78 is 11.3. The third-order valence-electron chi connectivity index (χ3n) is 4.33. The summed E-state index contributed by atoms with van der Waals surface area (Å²) in [5, 5.41) is 6.20. The third-order valence-corrected chi connectivity index (χ3v) is 4.33. The fourth-order valence-corrected chi connectivity index (χ4v) is 2.97. The lowest BCUT2D eigenvalue weighted by atomic mass is 10.0. The van der Waals surface area contributed by atoms with Crippen molar-refractivity contribution in [2.45, 2.75) is 20.3 Å². The van der Waals surface area contributed by atoms with E-state index in [9.17, 15) is 4.79 Å². The number of benzene rings is 3. The minimum Gasteiger partial charge on any atom is -0.493 e. The predicted molar refractivity (Wildman–Crippen MR) is 112 cm³/mol. The van der Waals surface area contributed by atoms with Gasteiger partial charge in [-0.25, -0.2) is 5.43 Å². The lowest BCUT2D eigenvalue weighted by Gasteiger charge is -2.10. The SMILES string of the molecule is CCOc1ccc2ccccc2c1/C=N/NC(=O)COc1ccccc1CC. The number of ether oxygens (including phenoxy) is 2. The molecule has 0 radical (unpaired) electrons. The third kappa shape index (κ3) is 4.68. The van der Waals surface area contributed by atoms with Crippen LogP contribution in [0.4, 0.5) is 0 Å². The number of fused-ring (bicyclic) bond motifs is 1. The molecule has 3 aromatic rings. The van der Waals surface area contributed by atoms with Crippen molar-refractivity contribution < 1.29 is 14.3 Å². The second kappa shape index (κ2) is 9.55. The highest BCUT2D eigenvalue weighted by Gasteiger charge is 2.08. The zero-order valence-electron chi connectivity index (χ0n) is 16.1. The summed E-state index contributed by atoms with van der Waals surface area (Å²) in [4.78, 5) is 12.1. The second-order valence-electron chi connectivity index (χ2n) is 6.17. The number of carbonyl (C=O) groups is 1. The van der Waals surface area contributed by atoms with Gasteiger partial charge in [-0.05, 0) is 41.8 Å². The van der Waals surface area contributed by atoms with Gasteiger partial charge in [0.2, 0.25) is 0 Å². The average Bonchev–Trinajstić information content (AvgIpc) is 2.73. The van der Waals surface area contributed by atoms with Gasteiger partial charge in [0, 0.05) is 5.56 Å². The number of amides is 1. The monoisotopic (exact) mass is 376 g/mol. The van der Waals surface area contributed by atoms with E-state index in [1.54, 1.807) is 6.21 Å². The van der Waals surface area contributed by atoms with E-state index in [-0.39, 0.29) is 12.5 Å².